The van der Waals surface area contributed by atoms with Crippen LogP contribution in [0.15, 0.2) is 54.6 Å². The number of hydrogen-bond donors (Lipinski definition) is 1. The molecule has 1 amide bonds. The van der Waals surface area contributed by atoms with Gasteiger partial charge in [-0.3, -0.25) is 9.69 Å². The van der Waals surface area contributed by atoms with Gasteiger partial charge in [0.05, 0.1) is 13.2 Å². The van der Waals surface area contributed by atoms with Gasteiger partial charge in [-0.05, 0) is 36.1 Å². The monoisotopic (exact) mass is 338 g/mol. The molecule has 0 aromatic heterocycles. The zero-order chi connectivity index (χ0) is 17.3. The molecule has 4 nitrogen and oxygen atoms in total. The summed E-state index contributed by atoms with van der Waals surface area (Å²) in [7, 11) is 0. The second kappa shape index (κ2) is 9.35. The van der Waals surface area contributed by atoms with Gasteiger partial charge in [-0.25, -0.2) is 0 Å². The average Bonchev–Trinajstić information content (AvgIpc) is 2.65. The first-order valence-electron chi connectivity index (χ1n) is 8.95. The molecule has 0 radical (unpaired) electrons. The predicted molar refractivity (Wildman–Crippen MR) is 98.9 cm³/mol. The van der Waals surface area contributed by atoms with E-state index in [1.807, 2.05) is 18.2 Å². The fourth-order valence-electron chi connectivity index (χ4n) is 3.38. The minimum Gasteiger partial charge on any atom is -0.372 e. The maximum absolute atomic E-state index is 10.7. The van der Waals surface area contributed by atoms with Crippen LogP contribution in [0.25, 0.3) is 0 Å². The lowest BCUT2D eigenvalue weighted by molar-refractivity contribution is -0.110. The highest BCUT2D eigenvalue weighted by Crippen LogP contribution is 2.17. The van der Waals surface area contributed by atoms with Crippen molar-refractivity contribution in [3.05, 3.63) is 71.3 Å². The summed E-state index contributed by atoms with van der Waals surface area (Å²) >= 11 is 0. The number of benzene rings is 2. The predicted octanol–water partition coefficient (Wildman–Crippen LogP) is 3.11. The molecule has 1 unspecified atom stereocenters. The third-order valence-electron chi connectivity index (χ3n) is 4.69. The van der Waals surface area contributed by atoms with E-state index in [4.69, 9.17) is 4.74 Å². The first-order valence-corrected chi connectivity index (χ1v) is 8.95. The molecule has 2 aromatic rings. The highest BCUT2D eigenvalue weighted by molar-refractivity contribution is 5.46. The van der Waals surface area contributed by atoms with E-state index in [0.29, 0.717) is 13.2 Å². The van der Waals surface area contributed by atoms with Gasteiger partial charge in [-0.1, -0.05) is 54.6 Å². The van der Waals surface area contributed by atoms with Crippen molar-refractivity contribution < 1.29 is 9.53 Å². The summed E-state index contributed by atoms with van der Waals surface area (Å²) in [4.78, 5) is 13.1. The summed E-state index contributed by atoms with van der Waals surface area (Å²) in [5.41, 5.74) is 3.74. The summed E-state index contributed by atoms with van der Waals surface area (Å²) in [6, 6.07) is 19.0. The Hall–Kier alpha value is -2.17. The Morgan fingerprint density at radius 1 is 1.04 bits per heavy atom. The molecule has 25 heavy (non-hydrogen) atoms. The van der Waals surface area contributed by atoms with Crippen molar-refractivity contribution in [3.63, 3.8) is 0 Å². The Kier molecular flexibility index (Phi) is 6.60. The Balaban J connectivity index is 1.56. The zero-order valence-electron chi connectivity index (χ0n) is 14.6. The standard InChI is InChI=1S/C21H26N2O2/c24-17-22-21-11-6-12-23(14-21)13-19-9-4-5-10-20(19)16-25-15-18-7-2-1-3-8-18/h1-5,7-10,17,21H,6,11-16H2,(H,22,24). The zero-order valence-corrected chi connectivity index (χ0v) is 14.6. The van der Waals surface area contributed by atoms with Crippen LogP contribution in [0.3, 0.4) is 0 Å². The quantitative estimate of drug-likeness (QED) is 0.752. The number of hydrogen-bond acceptors (Lipinski definition) is 3. The van der Waals surface area contributed by atoms with Crippen molar-refractivity contribution in [2.75, 3.05) is 13.1 Å². The Morgan fingerprint density at radius 2 is 1.80 bits per heavy atom. The van der Waals surface area contributed by atoms with E-state index in [0.717, 1.165) is 38.9 Å². The third-order valence-corrected chi connectivity index (χ3v) is 4.69. The van der Waals surface area contributed by atoms with Crippen molar-refractivity contribution in [3.8, 4) is 0 Å². The van der Waals surface area contributed by atoms with E-state index < -0.39 is 0 Å². The lowest BCUT2D eigenvalue weighted by Gasteiger charge is -2.32. The van der Waals surface area contributed by atoms with Gasteiger partial charge in [0.1, 0.15) is 0 Å². The van der Waals surface area contributed by atoms with E-state index in [9.17, 15) is 4.79 Å². The molecule has 1 saturated heterocycles. The fourth-order valence-corrected chi connectivity index (χ4v) is 3.38. The second-order valence-corrected chi connectivity index (χ2v) is 6.61. The van der Waals surface area contributed by atoms with Crippen molar-refractivity contribution in [1.29, 1.82) is 0 Å². The molecular formula is C21H26N2O2. The molecule has 2 aromatic carbocycles. The van der Waals surface area contributed by atoms with E-state index in [1.165, 1.54) is 16.7 Å². The summed E-state index contributed by atoms with van der Waals surface area (Å²) in [6.07, 6.45) is 3.01. The van der Waals surface area contributed by atoms with Crippen LogP contribution >= 0.6 is 0 Å². The molecule has 1 aliphatic heterocycles. The Bertz CT molecular complexity index is 660. The second-order valence-electron chi connectivity index (χ2n) is 6.61. The number of carbonyl (C=O) groups is 1. The van der Waals surface area contributed by atoms with Crippen LogP contribution in [0.1, 0.15) is 29.5 Å². The Morgan fingerprint density at radius 3 is 2.60 bits per heavy atom. The lowest BCUT2D eigenvalue weighted by atomic mass is 10.0. The number of amides is 1. The normalized spacial score (nSPS) is 18.0. The minimum absolute atomic E-state index is 0.271. The van der Waals surface area contributed by atoms with Gasteiger partial charge >= 0.3 is 0 Å². The fraction of sp³-hybridized carbons (Fsp3) is 0.381. The molecule has 1 atom stereocenters. The summed E-state index contributed by atoms with van der Waals surface area (Å²) < 4.78 is 5.92. The molecule has 0 aliphatic carbocycles. The highest BCUT2D eigenvalue weighted by Gasteiger charge is 2.19. The highest BCUT2D eigenvalue weighted by atomic mass is 16.5. The maximum atomic E-state index is 10.7. The van der Waals surface area contributed by atoms with E-state index in [-0.39, 0.29) is 6.04 Å². The van der Waals surface area contributed by atoms with Crippen LogP contribution in [0, 0.1) is 0 Å². The molecule has 0 saturated carbocycles. The smallest absolute Gasteiger partial charge is 0.207 e. The van der Waals surface area contributed by atoms with Gasteiger partial charge in [-0.15, -0.1) is 0 Å². The number of rotatable bonds is 8. The molecule has 0 bridgehead atoms. The average molecular weight is 338 g/mol. The number of likely N-dealkylation sites (tertiary alicyclic amines) is 1. The first-order chi connectivity index (χ1) is 12.3. The molecule has 4 heteroatoms. The number of nitrogens with zero attached hydrogens (tertiary/aromatic N) is 1. The first kappa shape index (κ1) is 17.6. The number of ether oxygens (including phenoxy) is 1. The van der Waals surface area contributed by atoms with Gasteiger partial charge in [0.25, 0.3) is 0 Å². The SMILES string of the molecule is O=CNC1CCCN(Cc2ccccc2COCc2ccccc2)C1. The van der Waals surface area contributed by atoms with Crippen LogP contribution in [0.4, 0.5) is 0 Å². The van der Waals surface area contributed by atoms with Gasteiger partial charge in [-0.2, -0.15) is 0 Å². The van der Waals surface area contributed by atoms with Crippen molar-refractivity contribution in [2.24, 2.45) is 0 Å². The number of carbonyl (C=O) groups excluding carboxylic acids is 1. The topological polar surface area (TPSA) is 41.6 Å². The molecule has 1 fully saturated rings. The van der Waals surface area contributed by atoms with Crippen molar-refractivity contribution in [1.82, 2.24) is 10.2 Å². The lowest BCUT2D eigenvalue weighted by Crippen LogP contribution is -2.44. The van der Waals surface area contributed by atoms with E-state index in [1.54, 1.807) is 0 Å². The summed E-state index contributed by atoms with van der Waals surface area (Å²) in [5, 5.41) is 2.92. The minimum atomic E-state index is 0.271. The maximum Gasteiger partial charge on any atom is 0.207 e. The summed E-state index contributed by atoms with van der Waals surface area (Å²) in [6.45, 7) is 4.15. The van der Waals surface area contributed by atoms with Gasteiger partial charge in [0.2, 0.25) is 6.41 Å². The van der Waals surface area contributed by atoms with Crippen LogP contribution < -0.4 is 5.32 Å². The van der Waals surface area contributed by atoms with Gasteiger partial charge < -0.3 is 10.1 Å². The number of piperidine rings is 1. The molecule has 0 spiro atoms. The number of nitrogens with one attached hydrogen (secondary N) is 1. The van der Waals surface area contributed by atoms with E-state index in [2.05, 4.69) is 46.6 Å². The van der Waals surface area contributed by atoms with Crippen molar-refractivity contribution in [2.45, 2.75) is 38.6 Å². The van der Waals surface area contributed by atoms with Crippen LogP contribution in [0.5, 0.6) is 0 Å². The molecule has 1 heterocycles. The molecule has 1 N–H and O–H groups in total. The summed E-state index contributed by atoms with van der Waals surface area (Å²) in [5.74, 6) is 0. The molecule has 3 rings (SSSR count). The van der Waals surface area contributed by atoms with Gasteiger partial charge in [0.15, 0.2) is 0 Å². The van der Waals surface area contributed by atoms with E-state index >= 15 is 0 Å². The van der Waals surface area contributed by atoms with Crippen LogP contribution in [-0.4, -0.2) is 30.4 Å². The van der Waals surface area contributed by atoms with Crippen molar-refractivity contribution >= 4 is 6.41 Å². The third kappa shape index (κ3) is 5.41. The molecule has 132 valence electrons. The van der Waals surface area contributed by atoms with Crippen LogP contribution in [0.2, 0.25) is 0 Å². The molecule has 1 aliphatic rings. The van der Waals surface area contributed by atoms with Gasteiger partial charge in [0, 0.05) is 19.1 Å². The molecular weight excluding hydrogens is 312 g/mol. The van der Waals surface area contributed by atoms with Crippen LogP contribution in [-0.2, 0) is 29.3 Å². The Labute approximate surface area is 149 Å². The largest absolute Gasteiger partial charge is 0.372 e.